The fourth-order valence-corrected chi connectivity index (χ4v) is 2.42. The van der Waals surface area contributed by atoms with Crippen molar-refractivity contribution in [2.24, 2.45) is 10.8 Å². The van der Waals surface area contributed by atoms with Crippen molar-refractivity contribution >= 4 is 0 Å². The maximum atomic E-state index is 8.65. The zero-order valence-electron chi connectivity index (χ0n) is 14.1. The Bertz CT molecular complexity index is 441. The van der Waals surface area contributed by atoms with E-state index < -0.39 is 0 Å². The summed E-state index contributed by atoms with van der Waals surface area (Å²) < 4.78 is 16.1. The van der Waals surface area contributed by atoms with Gasteiger partial charge in [-0.2, -0.15) is 0 Å². The summed E-state index contributed by atoms with van der Waals surface area (Å²) in [5, 5.41) is 17.3. The summed E-state index contributed by atoms with van der Waals surface area (Å²) in [4.78, 5) is 0. The molecule has 0 atom stereocenters. The van der Waals surface area contributed by atoms with Crippen LogP contribution in [0.15, 0.2) is 24.3 Å². The van der Waals surface area contributed by atoms with Crippen LogP contribution in [0, 0.1) is 10.8 Å². The number of aromatic hydroxyl groups is 2. The minimum atomic E-state index is 0.0880. The second kappa shape index (κ2) is 7.99. The first-order chi connectivity index (χ1) is 10.9. The van der Waals surface area contributed by atoms with Gasteiger partial charge >= 0.3 is 0 Å². The third-order valence-electron chi connectivity index (χ3n) is 4.33. The first-order valence-electron chi connectivity index (χ1n) is 8.12. The van der Waals surface area contributed by atoms with Crippen LogP contribution in [0.4, 0.5) is 0 Å². The summed E-state index contributed by atoms with van der Waals surface area (Å²) in [7, 11) is 0. The zero-order chi connectivity index (χ0) is 16.8. The van der Waals surface area contributed by atoms with Crippen molar-refractivity contribution in [1.82, 2.24) is 0 Å². The molecular weight excluding hydrogens is 296 g/mol. The van der Waals surface area contributed by atoms with Crippen molar-refractivity contribution in [2.75, 3.05) is 39.6 Å². The Hall–Kier alpha value is -1.30. The molecule has 3 rings (SSSR count). The molecule has 2 saturated heterocycles. The number of hydrogen-bond donors (Lipinski definition) is 2. The average molecular weight is 324 g/mol. The van der Waals surface area contributed by atoms with E-state index in [2.05, 4.69) is 13.8 Å². The lowest BCUT2D eigenvalue weighted by Gasteiger charge is -2.39. The van der Waals surface area contributed by atoms with Gasteiger partial charge in [-0.1, -0.05) is 19.9 Å². The minimum Gasteiger partial charge on any atom is -0.508 e. The summed E-state index contributed by atoms with van der Waals surface area (Å²) in [5.41, 5.74) is 0.785. The predicted molar refractivity (Wildman–Crippen MR) is 87.7 cm³/mol. The molecule has 2 aliphatic rings. The minimum absolute atomic E-state index is 0.0880. The summed E-state index contributed by atoms with van der Waals surface area (Å²) in [6.07, 6.45) is 2.25. The van der Waals surface area contributed by atoms with Crippen LogP contribution in [0.1, 0.15) is 26.7 Å². The lowest BCUT2D eigenvalue weighted by atomic mass is 9.85. The largest absolute Gasteiger partial charge is 0.508 e. The highest BCUT2D eigenvalue weighted by molar-refractivity contribution is 5.30. The molecule has 0 bridgehead atoms. The van der Waals surface area contributed by atoms with Gasteiger partial charge in [-0.3, -0.25) is 0 Å². The summed E-state index contributed by atoms with van der Waals surface area (Å²) in [5.74, 6) is 0.176. The molecule has 0 amide bonds. The topological polar surface area (TPSA) is 68.2 Å². The summed E-state index contributed by atoms with van der Waals surface area (Å²) >= 11 is 0. The maximum Gasteiger partial charge on any atom is 0.119 e. The van der Waals surface area contributed by atoms with Crippen molar-refractivity contribution in [3.05, 3.63) is 24.3 Å². The molecule has 5 nitrogen and oxygen atoms in total. The van der Waals surface area contributed by atoms with E-state index in [1.807, 2.05) is 0 Å². The number of rotatable bonds is 6. The molecule has 0 aromatic heterocycles. The Labute approximate surface area is 138 Å². The predicted octanol–water partition coefficient (Wildman–Crippen LogP) is 2.95. The molecule has 130 valence electrons. The van der Waals surface area contributed by atoms with E-state index in [-0.39, 0.29) is 11.5 Å². The molecule has 0 radical (unpaired) electrons. The fourth-order valence-electron chi connectivity index (χ4n) is 2.42. The maximum absolute atomic E-state index is 8.65. The standard InChI is InChI=1S/C12H22O3.C6H6O2/c1-11(7-14-8-11)3-5-13-6-4-12(2)9-15-10-12;7-5-2-1-3-6(8)4-5/h3-10H2,1-2H3;1-4,7-8H. The molecule has 2 N–H and O–H groups in total. The monoisotopic (exact) mass is 324 g/mol. The highest BCUT2D eigenvalue weighted by Gasteiger charge is 2.34. The summed E-state index contributed by atoms with van der Waals surface area (Å²) in [6.45, 7) is 9.89. The molecule has 1 aromatic carbocycles. The van der Waals surface area contributed by atoms with Gasteiger partial charge in [0.25, 0.3) is 0 Å². The van der Waals surface area contributed by atoms with Crippen LogP contribution in [-0.4, -0.2) is 49.9 Å². The van der Waals surface area contributed by atoms with Crippen molar-refractivity contribution < 1.29 is 24.4 Å². The number of benzene rings is 1. The first kappa shape index (κ1) is 18.0. The SMILES string of the molecule is CC1(CCOCCC2(C)COC2)COC1.Oc1cccc(O)c1. The number of phenolic OH excluding ortho intramolecular Hbond substituents is 2. The molecule has 1 aromatic rings. The highest BCUT2D eigenvalue weighted by atomic mass is 16.5. The van der Waals surface area contributed by atoms with Crippen LogP contribution in [0.5, 0.6) is 11.5 Å². The number of phenols is 2. The van der Waals surface area contributed by atoms with E-state index in [0.717, 1.165) is 52.5 Å². The normalized spacial score (nSPS) is 20.6. The van der Waals surface area contributed by atoms with Gasteiger partial charge in [0.1, 0.15) is 11.5 Å². The average Bonchev–Trinajstić information content (AvgIpc) is 2.43. The molecule has 0 spiro atoms. The van der Waals surface area contributed by atoms with E-state index >= 15 is 0 Å². The molecular formula is C18H28O5. The fraction of sp³-hybridized carbons (Fsp3) is 0.667. The second-order valence-electron chi connectivity index (χ2n) is 7.24. The third kappa shape index (κ3) is 6.01. The molecule has 5 heteroatoms. The number of hydrogen-bond acceptors (Lipinski definition) is 5. The van der Waals surface area contributed by atoms with E-state index in [4.69, 9.17) is 24.4 Å². The van der Waals surface area contributed by atoms with Crippen molar-refractivity contribution in [1.29, 1.82) is 0 Å². The Morgan fingerprint density at radius 1 is 0.913 bits per heavy atom. The Kier molecular flexibility index (Phi) is 6.27. The van der Waals surface area contributed by atoms with Gasteiger partial charge in [-0.15, -0.1) is 0 Å². The van der Waals surface area contributed by atoms with Gasteiger partial charge in [0.05, 0.1) is 26.4 Å². The van der Waals surface area contributed by atoms with E-state index in [0.29, 0.717) is 10.8 Å². The van der Waals surface area contributed by atoms with E-state index in [1.165, 1.54) is 18.2 Å². The Morgan fingerprint density at radius 2 is 1.35 bits per heavy atom. The summed E-state index contributed by atoms with van der Waals surface area (Å²) in [6, 6.07) is 5.85. The van der Waals surface area contributed by atoms with Gasteiger partial charge in [-0.05, 0) is 25.0 Å². The molecule has 2 fully saturated rings. The van der Waals surface area contributed by atoms with Crippen LogP contribution in [0.2, 0.25) is 0 Å². The quantitative estimate of drug-likeness (QED) is 0.788. The van der Waals surface area contributed by atoms with Crippen LogP contribution in [0.25, 0.3) is 0 Å². The van der Waals surface area contributed by atoms with Crippen molar-refractivity contribution in [2.45, 2.75) is 26.7 Å². The molecule has 2 aliphatic heterocycles. The molecule has 0 aliphatic carbocycles. The van der Waals surface area contributed by atoms with Crippen LogP contribution in [-0.2, 0) is 14.2 Å². The highest BCUT2D eigenvalue weighted by Crippen LogP contribution is 2.32. The zero-order valence-corrected chi connectivity index (χ0v) is 14.1. The lowest BCUT2D eigenvalue weighted by Crippen LogP contribution is -2.41. The van der Waals surface area contributed by atoms with Crippen LogP contribution in [0.3, 0.4) is 0 Å². The van der Waals surface area contributed by atoms with E-state index in [1.54, 1.807) is 6.07 Å². The lowest BCUT2D eigenvalue weighted by molar-refractivity contribution is -0.125. The van der Waals surface area contributed by atoms with Gasteiger partial charge in [-0.25, -0.2) is 0 Å². The van der Waals surface area contributed by atoms with Crippen LogP contribution < -0.4 is 0 Å². The molecule has 23 heavy (non-hydrogen) atoms. The molecule has 2 heterocycles. The van der Waals surface area contributed by atoms with Crippen molar-refractivity contribution in [3.63, 3.8) is 0 Å². The van der Waals surface area contributed by atoms with Gasteiger partial charge < -0.3 is 24.4 Å². The third-order valence-corrected chi connectivity index (χ3v) is 4.33. The molecule has 0 unspecified atom stereocenters. The second-order valence-corrected chi connectivity index (χ2v) is 7.24. The van der Waals surface area contributed by atoms with E-state index in [9.17, 15) is 0 Å². The van der Waals surface area contributed by atoms with Gasteiger partial charge in [0.2, 0.25) is 0 Å². The Morgan fingerprint density at radius 3 is 1.61 bits per heavy atom. The number of ether oxygens (including phenoxy) is 3. The van der Waals surface area contributed by atoms with Gasteiger partial charge in [0, 0.05) is 30.1 Å². The van der Waals surface area contributed by atoms with Gasteiger partial charge in [0.15, 0.2) is 0 Å². The first-order valence-corrected chi connectivity index (χ1v) is 8.12. The van der Waals surface area contributed by atoms with Crippen LogP contribution >= 0.6 is 0 Å². The van der Waals surface area contributed by atoms with Crippen molar-refractivity contribution in [3.8, 4) is 11.5 Å². The Balaban J connectivity index is 0.000000203. The molecule has 0 saturated carbocycles. The smallest absolute Gasteiger partial charge is 0.119 e.